The molecule has 0 aromatic heterocycles. The van der Waals surface area contributed by atoms with Crippen LogP contribution in [0.2, 0.25) is 0 Å². The summed E-state index contributed by atoms with van der Waals surface area (Å²) in [5.74, 6) is -0.550. The average molecular weight is 206 g/mol. The van der Waals surface area contributed by atoms with E-state index in [-0.39, 0.29) is 5.69 Å². The molecule has 0 aliphatic rings. The molecule has 1 aromatic rings. The van der Waals surface area contributed by atoms with E-state index in [2.05, 4.69) is 0 Å². The van der Waals surface area contributed by atoms with Gasteiger partial charge in [0.25, 0.3) is 5.69 Å². The minimum absolute atomic E-state index is 0.0613. The normalized spacial score (nSPS) is 10.5. The zero-order valence-corrected chi connectivity index (χ0v) is 8.14. The van der Waals surface area contributed by atoms with Crippen molar-refractivity contribution in [3.05, 3.63) is 45.5 Å². The maximum absolute atomic E-state index is 10.5. The van der Waals surface area contributed by atoms with E-state index in [0.29, 0.717) is 11.1 Å². The molecule has 0 atom stereocenters. The van der Waals surface area contributed by atoms with E-state index in [0.717, 1.165) is 0 Å². The lowest BCUT2D eigenvalue weighted by atomic mass is 10.1. The largest absolute Gasteiger partial charge is 0.366 e. The number of nitrogens with two attached hydrogens (primary N) is 1. The fraction of sp³-hybridized carbons (Fsp3) is 0.100. The number of carbonyl (C=O) groups excluding carboxylic acids is 1. The van der Waals surface area contributed by atoms with Crippen molar-refractivity contribution in [1.82, 2.24) is 0 Å². The molecule has 1 rings (SSSR count). The van der Waals surface area contributed by atoms with Gasteiger partial charge in [-0.05, 0) is 30.7 Å². The Balaban J connectivity index is 3.01. The van der Waals surface area contributed by atoms with E-state index in [9.17, 15) is 14.9 Å². The van der Waals surface area contributed by atoms with Crippen LogP contribution in [0.4, 0.5) is 5.69 Å². The molecule has 0 aliphatic carbocycles. The van der Waals surface area contributed by atoms with E-state index < -0.39 is 10.8 Å². The van der Waals surface area contributed by atoms with Crippen LogP contribution in [0.1, 0.15) is 11.1 Å². The van der Waals surface area contributed by atoms with Gasteiger partial charge in [0.15, 0.2) is 0 Å². The first-order valence-corrected chi connectivity index (χ1v) is 4.23. The van der Waals surface area contributed by atoms with E-state index >= 15 is 0 Å². The van der Waals surface area contributed by atoms with Gasteiger partial charge in [-0.25, -0.2) is 0 Å². The molecule has 0 saturated heterocycles. The molecule has 5 nitrogen and oxygen atoms in total. The molecule has 0 spiro atoms. The standard InChI is InChI=1S/C10H10N2O3/c1-7-6-8(3-5-10(11)13)2-4-9(7)12(14)15/h2-6H,1H3,(H2,11,13). The summed E-state index contributed by atoms with van der Waals surface area (Å²) in [5, 5.41) is 10.5. The number of nitrogens with zero attached hydrogens (tertiary/aromatic N) is 1. The Hall–Kier alpha value is -2.17. The van der Waals surface area contributed by atoms with E-state index in [1.165, 1.54) is 18.2 Å². The van der Waals surface area contributed by atoms with Crippen molar-refractivity contribution < 1.29 is 9.72 Å². The molecule has 0 heterocycles. The van der Waals surface area contributed by atoms with Gasteiger partial charge in [-0.15, -0.1) is 0 Å². The summed E-state index contributed by atoms with van der Waals surface area (Å²) in [6.45, 7) is 1.64. The highest BCUT2D eigenvalue weighted by atomic mass is 16.6. The molecule has 0 radical (unpaired) electrons. The molecular weight excluding hydrogens is 196 g/mol. The summed E-state index contributed by atoms with van der Waals surface area (Å²) in [4.78, 5) is 20.5. The molecule has 0 saturated carbocycles. The topological polar surface area (TPSA) is 86.2 Å². The van der Waals surface area contributed by atoms with Gasteiger partial charge in [-0.3, -0.25) is 14.9 Å². The van der Waals surface area contributed by atoms with Crippen molar-refractivity contribution >= 4 is 17.7 Å². The lowest BCUT2D eigenvalue weighted by Crippen LogP contribution is -2.05. The number of rotatable bonds is 3. The van der Waals surface area contributed by atoms with Crippen molar-refractivity contribution in [2.24, 2.45) is 5.73 Å². The van der Waals surface area contributed by atoms with Crippen molar-refractivity contribution in [2.75, 3.05) is 0 Å². The summed E-state index contributed by atoms with van der Waals surface area (Å²) in [7, 11) is 0. The van der Waals surface area contributed by atoms with Gasteiger partial charge in [0, 0.05) is 17.7 Å². The summed E-state index contributed by atoms with van der Waals surface area (Å²) >= 11 is 0. The molecule has 15 heavy (non-hydrogen) atoms. The monoisotopic (exact) mass is 206 g/mol. The van der Waals surface area contributed by atoms with Gasteiger partial charge in [-0.1, -0.05) is 0 Å². The minimum Gasteiger partial charge on any atom is -0.366 e. The van der Waals surface area contributed by atoms with Gasteiger partial charge in [0.05, 0.1) is 4.92 Å². The van der Waals surface area contributed by atoms with E-state index in [1.807, 2.05) is 0 Å². The first-order chi connectivity index (χ1) is 7.00. The Morgan fingerprint density at radius 3 is 2.67 bits per heavy atom. The number of benzene rings is 1. The third-order valence-corrected chi connectivity index (χ3v) is 1.86. The van der Waals surface area contributed by atoms with Gasteiger partial charge < -0.3 is 5.73 Å². The summed E-state index contributed by atoms with van der Waals surface area (Å²) in [6, 6.07) is 4.58. The van der Waals surface area contributed by atoms with Crippen LogP contribution in [0, 0.1) is 17.0 Å². The third kappa shape index (κ3) is 2.91. The first-order valence-electron chi connectivity index (χ1n) is 4.23. The van der Waals surface area contributed by atoms with Crippen molar-refractivity contribution in [3.8, 4) is 0 Å². The lowest BCUT2D eigenvalue weighted by Gasteiger charge is -1.98. The number of hydrogen-bond donors (Lipinski definition) is 1. The highest BCUT2D eigenvalue weighted by Gasteiger charge is 2.08. The highest BCUT2D eigenvalue weighted by Crippen LogP contribution is 2.19. The molecule has 0 fully saturated rings. The number of amides is 1. The molecule has 78 valence electrons. The molecular formula is C10H10N2O3. The van der Waals surface area contributed by atoms with Crippen LogP contribution in [-0.4, -0.2) is 10.8 Å². The second-order valence-corrected chi connectivity index (χ2v) is 3.04. The van der Waals surface area contributed by atoms with Crippen LogP contribution in [-0.2, 0) is 4.79 Å². The van der Waals surface area contributed by atoms with Gasteiger partial charge >= 0.3 is 0 Å². The second kappa shape index (κ2) is 4.36. The Bertz CT molecular complexity index is 438. The molecule has 0 bridgehead atoms. The Kier molecular flexibility index (Phi) is 3.17. The van der Waals surface area contributed by atoms with Crippen LogP contribution in [0.3, 0.4) is 0 Å². The molecule has 5 heteroatoms. The Morgan fingerprint density at radius 1 is 1.53 bits per heavy atom. The van der Waals surface area contributed by atoms with Crippen molar-refractivity contribution in [3.63, 3.8) is 0 Å². The zero-order chi connectivity index (χ0) is 11.4. The highest BCUT2D eigenvalue weighted by molar-refractivity contribution is 5.90. The van der Waals surface area contributed by atoms with Crippen LogP contribution in [0.15, 0.2) is 24.3 Å². The molecule has 1 aromatic carbocycles. The summed E-state index contributed by atoms with van der Waals surface area (Å²) < 4.78 is 0. The van der Waals surface area contributed by atoms with Crippen molar-refractivity contribution in [2.45, 2.75) is 6.92 Å². The number of nitro groups is 1. The van der Waals surface area contributed by atoms with Crippen molar-refractivity contribution in [1.29, 1.82) is 0 Å². The number of aryl methyl sites for hydroxylation is 1. The Morgan fingerprint density at radius 2 is 2.20 bits per heavy atom. The van der Waals surface area contributed by atoms with Crippen LogP contribution < -0.4 is 5.73 Å². The van der Waals surface area contributed by atoms with Crippen LogP contribution >= 0.6 is 0 Å². The summed E-state index contributed by atoms with van der Waals surface area (Å²) in [5.41, 5.74) is 6.24. The Labute approximate surface area is 86.4 Å². The maximum Gasteiger partial charge on any atom is 0.272 e. The molecule has 0 aliphatic heterocycles. The molecule has 1 amide bonds. The number of primary amides is 1. The van der Waals surface area contributed by atoms with E-state index in [1.54, 1.807) is 19.1 Å². The lowest BCUT2D eigenvalue weighted by molar-refractivity contribution is -0.385. The number of hydrogen-bond acceptors (Lipinski definition) is 3. The average Bonchev–Trinajstić information content (AvgIpc) is 2.14. The predicted octanol–water partition coefficient (Wildman–Crippen LogP) is 1.40. The third-order valence-electron chi connectivity index (χ3n) is 1.86. The minimum atomic E-state index is -0.550. The van der Waals surface area contributed by atoms with Crippen LogP contribution in [0.25, 0.3) is 6.08 Å². The van der Waals surface area contributed by atoms with Crippen LogP contribution in [0.5, 0.6) is 0 Å². The smallest absolute Gasteiger partial charge is 0.272 e. The second-order valence-electron chi connectivity index (χ2n) is 3.04. The summed E-state index contributed by atoms with van der Waals surface area (Å²) in [6.07, 6.45) is 2.72. The van der Waals surface area contributed by atoms with Gasteiger partial charge in [0.1, 0.15) is 0 Å². The number of nitro benzene ring substituents is 1. The predicted molar refractivity (Wildman–Crippen MR) is 56.1 cm³/mol. The molecule has 2 N–H and O–H groups in total. The fourth-order valence-electron chi connectivity index (χ4n) is 1.17. The zero-order valence-electron chi connectivity index (χ0n) is 8.14. The maximum atomic E-state index is 10.5. The van der Waals surface area contributed by atoms with Gasteiger partial charge in [0.2, 0.25) is 5.91 Å². The van der Waals surface area contributed by atoms with Gasteiger partial charge in [-0.2, -0.15) is 0 Å². The molecule has 0 unspecified atom stereocenters. The number of carbonyl (C=O) groups is 1. The fourth-order valence-corrected chi connectivity index (χ4v) is 1.17. The quantitative estimate of drug-likeness (QED) is 0.460. The SMILES string of the molecule is Cc1cc(C=CC(N)=O)ccc1[N+](=O)[O-]. The van der Waals surface area contributed by atoms with E-state index in [4.69, 9.17) is 5.73 Å². The first kappa shape index (κ1) is 10.9.